The number of carbonyl (C=O) groups is 1. The first-order valence-corrected chi connectivity index (χ1v) is 5.49. The van der Waals surface area contributed by atoms with Crippen molar-refractivity contribution in [1.29, 1.82) is 0 Å². The van der Waals surface area contributed by atoms with Gasteiger partial charge in [-0.15, -0.1) is 0 Å². The van der Waals surface area contributed by atoms with Crippen LogP contribution >= 0.6 is 11.6 Å². The van der Waals surface area contributed by atoms with Gasteiger partial charge in [-0.2, -0.15) is 0 Å². The maximum atomic E-state index is 12.8. The Labute approximate surface area is 108 Å². The Morgan fingerprint density at radius 2 is 1.83 bits per heavy atom. The SMILES string of the molecule is O=C(Nc1ccc(O)cc1)c1ccc(F)cc1Cl. The zero-order valence-electron chi connectivity index (χ0n) is 9.15. The molecule has 2 aromatic rings. The number of carbonyl (C=O) groups excluding carboxylic acids is 1. The molecule has 0 radical (unpaired) electrons. The number of aromatic hydroxyl groups is 1. The van der Waals surface area contributed by atoms with Gasteiger partial charge in [0.15, 0.2) is 0 Å². The molecule has 0 aliphatic rings. The van der Waals surface area contributed by atoms with Crippen LogP contribution in [-0.2, 0) is 0 Å². The van der Waals surface area contributed by atoms with Crippen molar-refractivity contribution in [1.82, 2.24) is 0 Å². The lowest BCUT2D eigenvalue weighted by molar-refractivity contribution is 0.102. The van der Waals surface area contributed by atoms with Gasteiger partial charge in [-0.1, -0.05) is 11.6 Å². The van der Waals surface area contributed by atoms with Gasteiger partial charge >= 0.3 is 0 Å². The van der Waals surface area contributed by atoms with Crippen molar-refractivity contribution < 1.29 is 14.3 Å². The number of halogens is 2. The van der Waals surface area contributed by atoms with E-state index in [0.29, 0.717) is 5.69 Å². The van der Waals surface area contributed by atoms with Crippen LogP contribution in [0.5, 0.6) is 5.75 Å². The van der Waals surface area contributed by atoms with E-state index in [4.69, 9.17) is 16.7 Å². The summed E-state index contributed by atoms with van der Waals surface area (Å²) in [4.78, 5) is 11.9. The summed E-state index contributed by atoms with van der Waals surface area (Å²) < 4.78 is 12.8. The molecule has 0 aliphatic heterocycles. The predicted octanol–water partition coefficient (Wildman–Crippen LogP) is 3.44. The first-order valence-electron chi connectivity index (χ1n) is 5.12. The van der Waals surface area contributed by atoms with Crippen molar-refractivity contribution >= 4 is 23.2 Å². The molecule has 0 unspecified atom stereocenters. The Hall–Kier alpha value is -2.07. The van der Waals surface area contributed by atoms with Crippen LogP contribution in [0.4, 0.5) is 10.1 Å². The maximum absolute atomic E-state index is 12.8. The zero-order chi connectivity index (χ0) is 13.1. The van der Waals surface area contributed by atoms with Crippen LogP contribution in [-0.4, -0.2) is 11.0 Å². The van der Waals surface area contributed by atoms with Crippen molar-refractivity contribution in [2.75, 3.05) is 5.32 Å². The number of hydrogen-bond donors (Lipinski definition) is 2. The minimum atomic E-state index is -0.499. The van der Waals surface area contributed by atoms with Gasteiger partial charge in [-0.3, -0.25) is 4.79 Å². The summed E-state index contributed by atoms with van der Waals surface area (Å²) in [7, 11) is 0. The van der Waals surface area contributed by atoms with Crippen LogP contribution in [0.3, 0.4) is 0 Å². The van der Waals surface area contributed by atoms with Crippen LogP contribution in [0.2, 0.25) is 5.02 Å². The van der Waals surface area contributed by atoms with E-state index in [9.17, 15) is 9.18 Å². The average molecular weight is 266 g/mol. The number of hydrogen-bond acceptors (Lipinski definition) is 2. The van der Waals surface area contributed by atoms with Crippen molar-refractivity contribution in [3.8, 4) is 5.75 Å². The Bertz CT molecular complexity index is 584. The summed E-state index contributed by atoms with van der Waals surface area (Å²) >= 11 is 5.78. The van der Waals surface area contributed by atoms with E-state index in [1.807, 2.05) is 0 Å². The molecule has 0 heterocycles. The molecule has 18 heavy (non-hydrogen) atoms. The van der Waals surface area contributed by atoms with Crippen LogP contribution in [0, 0.1) is 5.82 Å². The fraction of sp³-hybridized carbons (Fsp3) is 0. The highest BCUT2D eigenvalue weighted by atomic mass is 35.5. The Balaban J connectivity index is 2.19. The van der Waals surface area contributed by atoms with Crippen LogP contribution in [0.15, 0.2) is 42.5 Å². The van der Waals surface area contributed by atoms with Gasteiger partial charge in [0.05, 0.1) is 10.6 Å². The normalized spacial score (nSPS) is 10.1. The number of amides is 1. The molecule has 0 fully saturated rings. The molecule has 3 nitrogen and oxygen atoms in total. The standard InChI is InChI=1S/C13H9ClFNO2/c14-12-7-8(15)1-6-11(12)13(18)16-9-2-4-10(17)5-3-9/h1-7,17H,(H,16,18). The molecule has 0 aliphatic carbocycles. The highest BCUT2D eigenvalue weighted by molar-refractivity contribution is 6.34. The molecule has 0 spiro atoms. The lowest BCUT2D eigenvalue weighted by Crippen LogP contribution is -2.12. The van der Waals surface area contributed by atoms with Gasteiger partial charge in [0.2, 0.25) is 0 Å². The molecule has 0 saturated carbocycles. The molecular weight excluding hydrogens is 257 g/mol. The molecule has 2 rings (SSSR count). The van der Waals surface area contributed by atoms with E-state index in [2.05, 4.69) is 5.32 Å². The van der Waals surface area contributed by atoms with Gasteiger partial charge < -0.3 is 10.4 Å². The molecule has 5 heteroatoms. The van der Waals surface area contributed by atoms with Gasteiger partial charge in [-0.25, -0.2) is 4.39 Å². The lowest BCUT2D eigenvalue weighted by atomic mass is 10.2. The number of benzene rings is 2. The van der Waals surface area contributed by atoms with E-state index < -0.39 is 11.7 Å². The molecule has 0 saturated heterocycles. The fourth-order valence-corrected chi connectivity index (χ4v) is 1.67. The van der Waals surface area contributed by atoms with Crippen molar-refractivity contribution in [2.24, 2.45) is 0 Å². The largest absolute Gasteiger partial charge is 0.508 e. The molecule has 2 N–H and O–H groups in total. The van der Waals surface area contributed by atoms with E-state index in [1.54, 1.807) is 12.1 Å². The van der Waals surface area contributed by atoms with Gasteiger partial charge in [0.1, 0.15) is 11.6 Å². The van der Waals surface area contributed by atoms with E-state index in [0.717, 1.165) is 12.1 Å². The molecule has 0 aromatic heterocycles. The predicted molar refractivity (Wildman–Crippen MR) is 67.5 cm³/mol. The zero-order valence-corrected chi connectivity index (χ0v) is 9.91. The Morgan fingerprint density at radius 1 is 1.17 bits per heavy atom. The molecule has 0 atom stereocenters. The van der Waals surface area contributed by atoms with Crippen LogP contribution in [0.1, 0.15) is 10.4 Å². The smallest absolute Gasteiger partial charge is 0.257 e. The van der Waals surface area contributed by atoms with Crippen molar-refractivity contribution in [3.63, 3.8) is 0 Å². The Morgan fingerprint density at radius 3 is 2.44 bits per heavy atom. The minimum absolute atomic E-state index is 0.0475. The van der Waals surface area contributed by atoms with Crippen LogP contribution in [0.25, 0.3) is 0 Å². The number of rotatable bonds is 2. The topological polar surface area (TPSA) is 49.3 Å². The van der Waals surface area contributed by atoms with E-state index in [-0.39, 0.29) is 16.3 Å². The molecule has 92 valence electrons. The summed E-state index contributed by atoms with van der Waals surface area (Å²) in [5.74, 6) is -0.834. The van der Waals surface area contributed by atoms with Gasteiger partial charge in [0, 0.05) is 5.69 Å². The average Bonchev–Trinajstić information content (AvgIpc) is 2.32. The second kappa shape index (κ2) is 5.06. The number of anilines is 1. The van der Waals surface area contributed by atoms with Gasteiger partial charge in [0.25, 0.3) is 5.91 Å². The summed E-state index contributed by atoms with van der Waals surface area (Å²) in [5.41, 5.74) is 0.698. The first kappa shape index (κ1) is 12.4. The van der Waals surface area contributed by atoms with Crippen molar-refractivity contribution in [3.05, 3.63) is 58.9 Å². The highest BCUT2D eigenvalue weighted by Gasteiger charge is 2.11. The summed E-state index contributed by atoms with van der Waals surface area (Å²) in [6, 6.07) is 9.54. The number of phenols is 1. The molecule has 1 amide bonds. The summed E-state index contributed by atoms with van der Waals surface area (Å²) in [6.07, 6.45) is 0. The minimum Gasteiger partial charge on any atom is -0.508 e. The summed E-state index contributed by atoms with van der Waals surface area (Å²) in [6.45, 7) is 0. The first-order chi connectivity index (χ1) is 8.56. The summed E-state index contributed by atoms with van der Waals surface area (Å²) in [5, 5.41) is 11.7. The van der Waals surface area contributed by atoms with Crippen molar-refractivity contribution in [2.45, 2.75) is 0 Å². The quantitative estimate of drug-likeness (QED) is 0.817. The monoisotopic (exact) mass is 265 g/mol. The van der Waals surface area contributed by atoms with Crippen LogP contribution < -0.4 is 5.32 Å². The number of phenolic OH excluding ortho intramolecular Hbond substituents is 1. The third kappa shape index (κ3) is 2.78. The molecule has 2 aromatic carbocycles. The fourth-order valence-electron chi connectivity index (χ4n) is 1.42. The van der Waals surface area contributed by atoms with E-state index in [1.165, 1.54) is 18.2 Å². The third-order valence-corrected chi connectivity index (χ3v) is 2.61. The highest BCUT2D eigenvalue weighted by Crippen LogP contribution is 2.20. The second-order valence-electron chi connectivity index (χ2n) is 3.63. The number of nitrogens with one attached hydrogen (secondary N) is 1. The lowest BCUT2D eigenvalue weighted by Gasteiger charge is -2.06. The van der Waals surface area contributed by atoms with Gasteiger partial charge in [-0.05, 0) is 42.5 Å². The Kier molecular flexibility index (Phi) is 3.48. The second-order valence-corrected chi connectivity index (χ2v) is 4.03. The molecular formula is C13H9ClFNO2. The molecule has 0 bridgehead atoms. The van der Waals surface area contributed by atoms with E-state index >= 15 is 0 Å². The maximum Gasteiger partial charge on any atom is 0.257 e. The third-order valence-electron chi connectivity index (χ3n) is 2.30.